The van der Waals surface area contributed by atoms with Gasteiger partial charge >= 0.3 is 5.97 Å². The summed E-state index contributed by atoms with van der Waals surface area (Å²) in [6.45, 7) is 5.05. The number of aromatic carboxylic acids is 1. The van der Waals surface area contributed by atoms with E-state index in [0.717, 1.165) is 31.4 Å². The van der Waals surface area contributed by atoms with E-state index in [4.69, 9.17) is 10.8 Å². The molecule has 104 valence electrons. The fourth-order valence-electron chi connectivity index (χ4n) is 2.23. The van der Waals surface area contributed by atoms with Gasteiger partial charge in [-0.05, 0) is 37.6 Å². The molecule has 2 rings (SSSR count). The second-order valence-electron chi connectivity index (χ2n) is 4.89. The maximum absolute atomic E-state index is 10.8. The van der Waals surface area contributed by atoms with Crippen molar-refractivity contribution in [2.24, 2.45) is 0 Å². The summed E-state index contributed by atoms with van der Waals surface area (Å²) in [6, 6.07) is 5.55. The highest BCUT2D eigenvalue weighted by atomic mass is 16.4. The van der Waals surface area contributed by atoms with Crippen molar-refractivity contribution in [3.05, 3.63) is 23.8 Å². The van der Waals surface area contributed by atoms with Crippen LogP contribution < -0.4 is 11.1 Å². The number of likely N-dealkylation sites (N-methyl/N-ethyl adjacent to an activating group) is 1. The third-order valence-electron chi connectivity index (χ3n) is 3.48. The van der Waals surface area contributed by atoms with Crippen molar-refractivity contribution in [1.82, 2.24) is 4.90 Å². The minimum Gasteiger partial charge on any atom is -0.478 e. The lowest BCUT2D eigenvalue weighted by Gasteiger charge is -2.20. The lowest BCUT2D eigenvalue weighted by Crippen LogP contribution is -2.31. The first-order valence-electron chi connectivity index (χ1n) is 6.72. The number of carboxylic acid groups (broad SMARTS) is 1. The molecule has 0 aromatic heterocycles. The topological polar surface area (TPSA) is 78.6 Å². The molecule has 1 saturated carbocycles. The Morgan fingerprint density at radius 1 is 1.53 bits per heavy atom. The molecule has 5 heteroatoms. The van der Waals surface area contributed by atoms with Crippen LogP contribution in [0.25, 0.3) is 0 Å². The highest BCUT2D eigenvalue weighted by Gasteiger charge is 2.27. The van der Waals surface area contributed by atoms with Gasteiger partial charge in [-0.1, -0.05) is 6.92 Å². The second kappa shape index (κ2) is 5.93. The molecule has 1 aromatic rings. The predicted octanol–water partition coefficient (Wildman–Crippen LogP) is 1.86. The monoisotopic (exact) mass is 263 g/mol. The second-order valence-corrected chi connectivity index (χ2v) is 4.89. The Bertz CT molecular complexity index is 458. The lowest BCUT2D eigenvalue weighted by atomic mass is 10.2. The number of hydrogen-bond donors (Lipinski definition) is 3. The summed E-state index contributed by atoms with van der Waals surface area (Å²) in [5.41, 5.74) is 7.34. The molecule has 1 fully saturated rings. The Kier molecular flexibility index (Phi) is 4.27. The van der Waals surface area contributed by atoms with Gasteiger partial charge in [0, 0.05) is 19.1 Å². The summed E-state index contributed by atoms with van der Waals surface area (Å²) in [5.74, 6) is -0.954. The zero-order valence-electron chi connectivity index (χ0n) is 11.2. The third kappa shape index (κ3) is 3.61. The van der Waals surface area contributed by atoms with Gasteiger partial charge in [0.25, 0.3) is 0 Å². The summed E-state index contributed by atoms with van der Waals surface area (Å²) in [6.07, 6.45) is 2.62. The first kappa shape index (κ1) is 13.7. The summed E-state index contributed by atoms with van der Waals surface area (Å²) in [4.78, 5) is 13.3. The van der Waals surface area contributed by atoms with Crippen LogP contribution in [-0.4, -0.2) is 41.7 Å². The molecule has 0 saturated heterocycles. The standard InChI is InChI=1S/C14H21N3O2/c1-2-17(11-4-5-11)8-7-16-13-6-3-10(14(18)19)9-12(13)15/h3,6,9,11,16H,2,4-5,7-8,15H2,1H3,(H,18,19). The first-order chi connectivity index (χ1) is 9.11. The van der Waals surface area contributed by atoms with Gasteiger partial charge in [-0.25, -0.2) is 4.79 Å². The maximum atomic E-state index is 10.8. The molecule has 1 aliphatic rings. The normalized spacial score (nSPS) is 14.6. The zero-order valence-corrected chi connectivity index (χ0v) is 11.2. The fraction of sp³-hybridized carbons (Fsp3) is 0.500. The van der Waals surface area contributed by atoms with E-state index in [0.29, 0.717) is 5.69 Å². The lowest BCUT2D eigenvalue weighted by molar-refractivity contribution is 0.0697. The smallest absolute Gasteiger partial charge is 0.335 e. The Labute approximate surface area is 113 Å². The van der Waals surface area contributed by atoms with Crippen LogP contribution in [0, 0.1) is 0 Å². The van der Waals surface area contributed by atoms with Crippen LogP contribution in [0.4, 0.5) is 11.4 Å². The number of hydrogen-bond acceptors (Lipinski definition) is 4. The van der Waals surface area contributed by atoms with E-state index in [1.807, 2.05) is 0 Å². The molecule has 0 bridgehead atoms. The predicted molar refractivity (Wildman–Crippen MR) is 76.6 cm³/mol. The number of nitrogens with one attached hydrogen (secondary N) is 1. The summed E-state index contributed by atoms with van der Waals surface area (Å²) < 4.78 is 0. The van der Waals surface area contributed by atoms with Crippen LogP contribution in [-0.2, 0) is 0 Å². The molecule has 0 amide bonds. The number of nitrogens with two attached hydrogens (primary N) is 1. The molecule has 5 nitrogen and oxygen atoms in total. The summed E-state index contributed by atoms with van der Waals surface area (Å²) >= 11 is 0. The molecule has 0 unspecified atom stereocenters. The van der Waals surface area contributed by atoms with Gasteiger partial charge < -0.3 is 16.2 Å². The van der Waals surface area contributed by atoms with Crippen LogP contribution in [0.3, 0.4) is 0 Å². The van der Waals surface area contributed by atoms with Crippen molar-refractivity contribution in [3.63, 3.8) is 0 Å². The number of carboxylic acids is 1. The van der Waals surface area contributed by atoms with E-state index >= 15 is 0 Å². The number of anilines is 2. The molecule has 0 aliphatic heterocycles. The molecule has 0 atom stereocenters. The highest BCUT2D eigenvalue weighted by Crippen LogP contribution is 2.26. The van der Waals surface area contributed by atoms with Gasteiger partial charge in [-0.15, -0.1) is 0 Å². The first-order valence-corrected chi connectivity index (χ1v) is 6.72. The Morgan fingerprint density at radius 2 is 2.26 bits per heavy atom. The van der Waals surface area contributed by atoms with Crippen molar-refractivity contribution in [3.8, 4) is 0 Å². The SMILES string of the molecule is CCN(CCNc1ccc(C(=O)O)cc1N)C1CC1. The van der Waals surface area contributed by atoms with Crippen LogP contribution in [0.2, 0.25) is 0 Å². The molecule has 0 heterocycles. The fourth-order valence-corrected chi connectivity index (χ4v) is 2.23. The summed E-state index contributed by atoms with van der Waals surface area (Å²) in [5, 5.41) is 12.1. The van der Waals surface area contributed by atoms with Crippen LogP contribution >= 0.6 is 0 Å². The van der Waals surface area contributed by atoms with Crippen LogP contribution in [0.1, 0.15) is 30.1 Å². The Morgan fingerprint density at radius 3 is 2.79 bits per heavy atom. The van der Waals surface area contributed by atoms with E-state index in [-0.39, 0.29) is 5.56 Å². The number of benzene rings is 1. The Hall–Kier alpha value is -1.75. The van der Waals surface area contributed by atoms with Gasteiger partial charge in [-0.3, -0.25) is 4.90 Å². The van der Waals surface area contributed by atoms with Crippen molar-refractivity contribution < 1.29 is 9.90 Å². The number of rotatable bonds is 7. The molecule has 1 aromatic carbocycles. The number of carbonyl (C=O) groups is 1. The average Bonchev–Trinajstić information content (AvgIpc) is 3.20. The molecule has 1 aliphatic carbocycles. The quantitative estimate of drug-likeness (QED) is 0.654. The Balaban J connectivity index is 1.87. The van der Waals surface area contributed by atoms with Gasteiger partial charge in [0.15, 0.2) is 0 Å². The average molecular weight is 263 g/mol. The van der Waals surface area contributed by atoms with Crippen molar-refractivity contribution >= 4 is 17.3 Å². The van der Waals surface area contributed by atoms with Crippen molar-refractivity contribution in [1.29, 1.82) is 0 Å². The number of nitrogen functional groups attached to an aromatic ring is 1. The van der Waals surface area contributed by atoms with Gasteiger partial charge in [-0.2, -0.15) is 0 Å². The third-order valence-corrected chi connectivity index (χ3v) is 3.48. The molecule has 0 radical (unpaired) electrons. The van der Waals surface area contributed by atoms with Gasteiger partial charge in [0.2, 0.25) is 0 Å². The minimum absolute atomic E-state index is 0.219. The zero-order chi connectivity index (χ0) is 13.8. The van der Waals surface area contributed by atoms with E-state index in [9.17, 15) is 4.79 Å². The molecular formula is C14H21N3O2. The number of nitrogens with zero attached hydrogens (tertiary/aromatic N) is 1. The summed E-state index contributed by atoms with van der Waals surface area (Å²) in [7, 11) is 0. The van der Waals surface area contributed by atoms with E-state index in [1.165, 1.54) is 18.9 Å². The van der Waals surface area contributed by atoms with Crippen LogP contribution in [0.15, 0.2) is 18.2 Å². The largest absolute Gasteiger partial charge is 0.478 e. The van der Waals surface area contributed by atoms with Crippen molar-refractivity contribution in [2.45, 2.75) is 25.8 Å². The van der Waals surface area contributed by atoms with Gasteiger partial charge in [0.1, 0.15) is 0 Å². The molecule has 0 spiro atoms. The molecular weight excluding hydrogens is 242 g/mol. The highest BCUT2D eigenvalue weighted by molar-refractivity contribution is 5.90. The van der Waals surface area contributed by atoms with E-state index in [2.05, 4.69) is 17.1 Å². The minimum atomic E-state index is -0.954. The van der Waals surface area contributed by atoms with Crippen LogP contribution in [0.5, 0.6) is 0 Å². The molecule has 19 heavy (non-hydrogen) atoms. The van der Waals surface area contributed by atoms with Gasteiger partial charge in [0.05, 0.1) is 16.9 Å². The van der Waals surface area contributed by atoms with E-state index < -0.39 is 5.97 Å². The van der Waals surface area contributed by atoms with Crippen molar-refractivity contribution in [2.75, 3.05) is 30.7 Å². The molecule has 4 N–H and O–H groups in total. The van der Waals surface area contributed by atoms with E-state index in [1.54, 1.807) is 12.1 Å². The maximum Gasteiger partial charge on any atom is 0.335 e.